The average Bonchev–Trinajstić information content (AvgIpc) is 3.13. The normalized spacial score (nSPS) is 10.9. The Morgan fingerprint density at radius 1 is 1.21 bits per heavy atom. The number of fused-ring (bicyclic) bond motifs is 1. The summed E-state index contributed by atoms with van der Waals surface area (Å²) in [7, 11) is 0. The number of aromatic nitrogens is 2. The van der Waals surface area contributed by atoms with E-state index in [1.807, 2.05) is 35.9 Å². The molecule has 5 nitrogen and oxygen atoms in total. The van der Waals surface area contributed by atoms with E-state index in [0.29, 0.717) is 21.5 Å². The van der Waals surface area contributed by atoms with Crippen LogP contribution in [0.1, 0.15) is 21.6 Å². The number of nitrogens with zero attached hydrogens (tertiary/aromatic N) is 2. The summed E-state index contributed by atoms with van der Waals surface area (Å²) < 4.78 is 21.6. The summed E-state index contributed by atoms with van der Waals surface area (Å²) in [6.07, 6.45) is 3.83. The first-order valence-electron chi connectivity index (χ1n) is 8.93. The minimum absolute atomic E-state index is 0.228. The lowest BCUT2D eigenvalue weighted by molar-refractivity contribution is 0.102. The molecule has 0 radical (unpaired) electrons. The second-order valence-corrected chi connectivity index (χ2v) is 7.37. The van der Waals surface area contributed by atoms with Crippen LogP contribution in [0.25, 0.3) is 5.65 Å². The molecule has 0 atom stereocenters. The number of benzene rings is 2. The third-order valence-corrected chi connectivity index (χ3v) is 5.07. The van der Waals surface area contributed by atoms with Crippen LogP contribution < -0.4 is 10.1 Å². The Labute approximate surface area is 175 Å². The van der Waals surface area contributed by atoms with Gasteiger partial charge in [0.05, 0.1) is 16.9 Å². The smallest absolute Gasteiger partial charge is 0.259 e. The van der Waals surface area contributed by atoms with Gasteiger partial charge >= 0.3 is 0 Å². The molecular weight excluding hydrogens is 437 g/mol. The van der Waals surface area contributed by atoms with Crippen LogP contribution in [0.5, 0.6) is 5.75 Å². The Bertz CT molecular complexity index is 1210. The van der Waals surface area contributed by atoms with Gasteiger partial charge in [-0.3, -0.25) is 4.79 Å². The molecule has 0 aliphatic rings. The van der Waals surface area contributed by atoms with Gasteiger partial charge in [-0.15, -0.1) is 0 Å². The SMILES string of the molecule is Cc1cccn2cc(COc3ccccc3C(=O)Nc3ccc(F)cc3Br)nc12. The lowest BCUT2D eigenvalue weighted by Gasteiger charge is -2.12. The number of carbonyl (C=O) groups excluding carboxylic acids is 1. The maximum absolute atomic E-state index is 13.3. The molecule has 0 bridgehead atoms. The standard InChI is InChI=1S/C22H17BrFN3O2/c1-14-5-4-10-27-12-16(25-21(14)27)13-29-20-7-3-2-6-17(20)22(28)26-19-9-8-15(24)11-18(19)23/h2-12H,13H2,1H3,(H,26,28). The number of anilines is 1. The Balaban J connectivity index is 1.53. The van der Waals surface area contributed by atoms with Crippen LogP contribution in [-0.4, -0.2) is 15.3 Å². The zero-order valence-corrected chi connectivity index (χ0v) is 17.1. The number of nitrogens with one attached hydrogen (secondary N) is 1. The van der Waals surface area contributed by atoms with Crippen molar-refractivity contribution in [2.24, 2.45) is 0 Å². The fourth-order valence-corrected chi connectivity index (χ4v) is 3.44. The van der Waals surface area contributed by atoms with E-state index >= 15 is 0 Å². The van der Waals surface area contributed by atoms with Gasteiger partial charge in [0.1, 0.15) is 23.8 Å². The van der Waals surface area contributed by atoms with E-state index in [1.54, 1.807) is 24.3 Å². The first-order chi connectivity index (χ1) is 14.0. The molecule has 29 heavy (non-hydrogen) atoms. The van der Waals surface area contributed by atoms with Crippen LogP contribution in [0.4, 0.5) is 10.1 Å². The summed E-state index contributed by atoms with van der Waals surface area (Å²) in [5.41, 5.74) is 3.56. The lowest BCUT2D eigenvalue weighted by Crippen LogP contribution is -2.14. The number of carbonyl (C=O) groups is 1. The van der Waals surface area contributed by atoms with Crippen molar-refractivity contribution in [2.75, 3.05) is 5.32 Å². The zero-order chi connectivity index (χ0) is 20.4. The topological polar surface area (TPSA) is 55.6 Å². The molecule has 1 amide bonds. The van der Waals surface area contributed by atoms with E-state index in [4.69, 9.17) is 4.74 Å². The fourth-order valence-electron chi connectivity index (χ4n) is 2.99. The van der Waals surface area contributed by atoms with E-state index in [-0.39, 0.29) is 18.3 Å². The highest BCUT2D eigenvalue weighted by Gasteiger charge is 2.15. The predicted octanol–water partition coefficient (Wildman–Crippen LogP) is 5.38. The molecule has 2 aromatic heterocycles. The molecule has 2 heterocycles. The van der Waals surface area contributed by atoms with Crippen LogP contribution in [0.15, 0.2) is 71.5 Å². The van der Waals surface area contributed by atoms with E-state index in [1.165, 1.54) is 18.2 Å². The van der Waals surface area contributed by atoms with Crippen LogP contribution in [0, 0.1) is 12.7 Å². The number of amides is 1. The quantitative estimate of drug-likeness (QED) is 0.441. The van der Waals surface area contributed by atoms with Gasteiger partial charge in [-0.05, 0) is 64.8 Å². The molecular formula is C22H17BrFN3O2. The molecule has 146 valence electrons. The van der Waals surface area contributed by atoms with Crippen molar-refractivity contribution < 1.29 is 13.9 Å². The van der Waals surface area contributed by atoms with Crippen molar-refractivity contribution in [1.82, 2.24) is 9.38 Å². The Hall–Kier alpha value is -3.19. The Kier molecular flexibility index (Phi) is 5.31. The monoisotopic (exact) mass is 453 g/mol. The zero-order valence-electron chi connectivity index (χ0n) is 15.5. The van der Waals surface area contributed by atoms with Crippen molar-refractivity contribution in [2.45, 2.75) is 13.5 Å². The summed E-state index contributed by atoms with van der Waals surface area (Å²) in [5, 5.41) is 2.77. The van der Waals surface area contributed by atoms with E-state index in [9.17, 15) is 9.18 Å². The summed E-state index contributed by atoms with van der Waals surface area (Å²) in [5.74, 6) is -0.294. The highest BCUT2D eigenvalue weighted by atomic mass is 79.9. The highest BCUT2D eigenvalue weighted by Crippen LogP contribution is 2.26. The highest BCUT2D eigenvalue weighted by molar-refractivity contribution is 9.10. The van der Waals surface area contributed by atoms with Gasteiger partial charge in [-0.25, -0.2) is 9.37 Å². The minimum Gasteiger partial charge on any atom is -0.486 e. The molecule has 2 aromatic carbocycles. The average molecular weight is 454 g/mol. The van der Waals surface area contributed by atoms with Gasteiger partial charge in [-0.1, -0.05) is 18.2 Å². The number of aryl methyl sites for hydroxylation is 1. The number of para-hydroxylation sites is 1. The number of pyridine rings is 1. The van der Waals surface area contributed by atoms with Crippen molar-refractivity contribution in [3.63, 3.8) is 0 Å². The van der Waals surface area contributed by atoms with Gasteiger partial charge in [0.2, 0.25) is 0 Å². The van der Waals surface area contributed by atoms with Crippen LogP contribution >= 0.6 is 15.9 Å². The van der Waals surface area contributed by atoms with Crippen molar-refractivity contribution >= 4 is 33.2 Å². The molecule has 4 rings (SSSR count). The fraction of sp³-hybridized carbons (Fsp3) is 0.0909. The second-order valence-electron chi connectivity index (χ2n) is 6.52. The van der Waals surface area contributed by atoms with Crippen LogP contribution in [0.3, 0.4) is 0 Å². The number of rotatable bonds is 5. The number of imidazole rings is 1. The summed E-state index contributed by atoms with van der Waals surface area (Å²) in [6.45, 7) is 2.23. The number of hydrogen-bond acceptors (Lipinski definition) is 3. The van der Waals surface area contributed by atoms with Crippen molar-refractivity contribution in [3.8, 4) is 5.75 Å². The van der Waals surface area contributed by atoms with Gasteiger partial charge in [0.25, 0.3) is 5.91 Å². The van der Waals surface area contributed by atoms with Crippen molar-refractivity contribution in [3.05, 3.63) is 94.1 Å². The first kappa shape index (κ1) is 19.1. The van der Waals surface area contributed by atoms with Crippen LogP contribution in [-0.2, 0) is 6.61 Å². The molecule has 0 saturated carbocycles. The first-order valence-corrected chi connectivity index (χ1v) is 9.72. The maximum atomic E-state index is 13.3. The molecule has 4 aromatic rings. The number of ether oxygens (including phenoxy) is 1. The maximum Gasteiger partial charge on any atom is 0.259 e. The Morgan fingerprint density at radius 3 is 2.83 bits per heavy atom. The van der Waals surface area contributed by atoms with Crippen LogP contribution in [0.2, 0.25) is 0 Å². The Morgan fingerprint density at radius 2 is 2.03 bits per heavy atom. The van der Waals surface area contributed by atoms with E-state index in [0.717, 1.165) is 16.9 Å². The summed E-state index contributed by atoms with van der Waals surface area (Å²) in [4.78, 5) is 17.3. The summed E-state index contributed by atoms with van der Waals surface area (Å²) in [6, 6.07) is 15.0. The van der Waals surface area contributed by atoms with Gasteiger partial charge in [0, 0.05) is 16.9 Å². The molecule has 0 spiro atoms. The molecule has 0 saturated heterocycles. The van der Waals surface area contributed by atoms with E-state index in [2.05, 4.69) is 26.2 Å². The largest absolute Gasteiger partial charge is 0.486 e. The lowest BCUT2D eigenvalue weighted by atomic mass is 10.2. The van der Waals surface area contributed by atoms with Gasteiger partial charge in [-0.2, -0.15) is 0 Å². The molecule has 0 fully saturated rings. The number of halogens is 2. The van der Waals surface area contributed by atoms with Gasteiger partial charge < -0.3 is 14.5 Å². The second kappa shape index (κ2) is 8.05. The number of hydrogen-bond donors (Lipinski definition) is 1. The molecule has 0 aliphatic carbocycles. The molecule has 0 aliphatic heterocycles. The molecule has 0 unspecified atom stereocenters. The molecule has 7 heteroatoms. The third-order valence-electron chi connectivity index (χ3n) is 4.41. The van der Waals surface area contributed by atoms with Gasteiger partial charge in [0.15, 0.2) is 0 Å². The van der Waals surface area contributed by atoms with E-state index < -0.39 is 0 Å². The third kappa shape index (κ3) is 4.14. The molecule has 1 N–H and O–H groups in total. The predicted molar refractivity (Wildman–Crippen MR) is 113 cm³/mol. The van der Waals surface area contributed by atoms with Crippen molar-refractivity contribution in [1.29, 1.82) is 0 Å². The minimum atomic E-state index is -0.388. The summed E-state index contributed by atoms with van der Waals surface area (Å²) >= 11 is 3.25.